The maximum atomic E-state index is 14.0. The van der Waals surface area contributed by atoms with E-state index in [0.717, 1.165) is 96.4 Å². The fourth-order valence-corrected chi connectivity index (χ4v) is 12.1. The first-order chi connectivity index (χ1) is 44.6. The second kappa shape index (κ2) is 31.7. The van der Waals surface area contributed by atoms with Gasteiger partial charge < -0.3 is 44.9 Å². The molecule has 19 nitrogen and oxygen atoms in total. The molecule has 0 radical (unpaired) electrons. The van der Waals surface area contributed by atoms with Crippen LogP contribution in [0, 0.1) is 26.2 Å². The molecule has 20 heteroatoms. The molecule has 92 heavy (non-hydrogen) atoms. The highest BCUT2D eigenvalue weighted by molar-refractivity contribution is 7.13. The van der Waals surface area contributed by atoms with Crippen molar-refractivity contribution in [1.82, 2.24) is 50.5 Å². The van der Waals surface area contributed by atoms with E-state index >= 15 is 0 Å². The van der Waals surface area contributed by atoms with Crippen molar-refractivity contribution in [3.8, 4) is 49.8 Å². The normalized spacial score (nSPS) is 15.2. The van der Waals surface area contributed by atoms with Crippen molar-refractivity contribution >= 4 is 47.0 Å². The smallest absolute Gasteiger partial charge is 0.246 e. The molecule has 8 aromatic rings. The Morgan fingerprint density at radius 1 is 0.783 bits per heavy atom. The van der Waals surface area contributed by atoms with Gasteiger partial charge in [-0.1, -0.05) is 106 Å². The van der Waals surface area contributed by atoms with Gasteiger partial charge in [0.25, 0.3) is 0 Å². The van der Waals surface area contributed by atoms with E-state index in [1.54, 1.807) is 16.0 Å². The van der Waals surface area contributed by atoms with E-state index < -0.39 is 29.5 Å². The number of aliphatic hydroxyl groups excluding tert-OH is 1. The fraction of sp³-hybridized carbons (Fsp3) is 0.403. The van der Waals surface area contributed by atoms with Crippen molar-refractivity contribution in [3.63, 3.8) is 0 Å². The first-order valence-electron chi connectivity index (χ1n) is 31.9. The molecule has 5 aromatic heterocycles. The van der Waals surface area contributed by atoms with Gasteiger partial charge in [0.15, 0.2) is 0 Å². The molecule has 10 rings (SSSR count). The summed E-state index contributed by atoms with van der Waals surface area (Å²) >= 11 is 1.57. The number of nitrogens with zero attached hydrogens (tertiary/aromatic N) is 8. The van der Waals surface area contributed by atoms with Crippen LogP contribution in [0.3, 0.4) is 0 Å². The van der Waals surface area contributed by atoms with Crippen molar-refractivity contribution in [2.75, 3.05) is 58.0 Å². The number of likely N-dealkylation sites (tertiary alicyclic amines) is 1. The second-order valence-corrected chi connectivity index (χ2v) is 25.6. The summed E-state index contributed by atoms with van der Waals surface area (Å²) in [5, 5.41) is 28.4. The van der Waals surface area contributed by atoms with Gasteiger partial charge in [-0.3, -0.25) is 29.0 Å². The number of amides is 3. The molecular weight excluding hydrogens is 1180 g/mol. The average molecular weight is 1260 g/mol. The molecule has 0 spiro atoms. The molecule has 482 valence electrons. The first-order valence-corrected chi connectivity index (χ1v) is 32.8. The van der Waals surface area contributed by atoms with E-state index in [9.17, 15) is 19.5 Å². The topological polar surface area (TPSA) is 230 Å². The molecule has 1 aliphatic heterocycles. The Balaban J connectivity index is 0.608. The number of aliphatic hydroxyl groups is 1. The highest BCUT2D eigenvalue weighted by Gasteiger charge is 2.44. The number of aryl methyl sites for hydroxylation is 4. The van der Waals surface area contributed by atoms with E-state index in [0.29, 0.717) is 51.1 Å². The molecule has 0 bridgehead atoms. The quantitative estimate of drug-likeness (QED) is 0.0296. The van der Waals surface area contributed by atoms with E-state index in [4.69, 9.17) is 33.9 Å². The van der Waals surface area contributed by atoms with Gasteiger partial charge in [-0.05, 0) is 121 Å². The zero-order valence-corrected chi connectivity index (χ0v) is 54.6. The Bertz CT molecular complexity index is 3800. The number of para-hydroxylation sites is 1. The number of thiazole rings is 1. The van der Waals surface area contributed by atoms with Gasteiger partial charge >= 0.3 is 0 Å². The van der Waals surface area contributed by atoms with E-state index in [-0.39, 0.29) is 57.6 Å². The van der Waals surface area contributed by atoms with Crippen LogP contribution < -0.4 is 20.7 Å². The van der Waals surface area contributed by atoms with Crippen molar-refractivity contribution in [3.05, 3.63) is 166 Å². The first kappa shape index (κ1) is 66.4. The number of hydrogen-bond acceptors (Lipinski definition) is 16. The maximum Gasteiger partial charge on any atom is 0.246 e. The summed E-state index contributed by atoms with van der Waals surface area (Å²) in [6, 6.07) is 29.4. The summed E-state index contributed by atoms with van der Waals surface area (Å²) in [5.41, 5.74) is 16.3. The maximum absolute atomic E-state index is 14.0. The molecule has 3 amide bonds. The minimum atomic E-state index is -0.936. The molecule has 6 heterocycles. The number of hydrogen-bond donors (Lipinski definition) is 4. The lowest BCUT2D eigenvalue weighted by Gasteiger charge is -2.35. The standard InChI is InChI=1S/C72H85N11O8S/c1-8-29-91-63-13-10-9-12-61(63)56-37-54(20-14-50-17-24-60(47(2)35-50)52-21-22-52)67(76-41-56)57-36-48(3)66(75-42-57)55-23-25-64(74-40-55)73-27-11-28-82-43-58(80-81-82)45-90-34-33-89-32-31-88-30-26-65(85)79-69(72(5,6)7)71(87)83-44-59(84)38-62(83)70(86)77-39-51-15-18-53(19-16-51)68-49(4)78-46-92-68/h9-10,12-20,23-25,35-37,40-43,46,52,59,62,69,84H,8,11,21-22,26-34,38-39,44-45H2,1-7H3,(H,73,74)(H,77,86)(H,79,85)/b20-14+/t59-,62+,69-/m1/s1. The third-order valence-corrected chi connectivity index (χ3v) is 17.3. The minimum Gasteiger partial charge on any atom is -0.493 e. The fourth-order valence-electron chi connectivity index (χ4n) is 11.3. The summed E-state index contributed by atoms with van der Waals surface area (Å²) in [6.07, 6.45) is 15.4. The number of nitrogens with one attached hydrogen (secondary N) is 3. The van der Waals surface area contributed by atoms with Crippen LogP contribution in [0.2, 0.25) is 0 Å². The number of rotatable bonds is 31. The average Bonchev–Trinajstić information content (AvgIpc) is 1.66. The van der Waals surface area contributed by atoms with Gasteiger partial charge in [0, 0.05) is 85.4 Å². The summed E-state index contributed by atoms with van der Waals surface area (Å²) in [5.74, 6) is 1.17. The van der Waals surface area contributed by atoms with E-state index in [1.807, 2.05) is 113 Å². The van der Waals surface area contributed by atoms with Gasteiger partial charge in [-0.25, -0.2) is 9.97 Å². The van der Waals surface area contributed by atoms with Crippen LogP contribution in [-0.4, -0.2) is 134 Å². The third-order valence-electron chi connectivity index (χ3n) is 16.4. The predicted molar refractivity (Wildman–Crippen MR) is 359 cm³/mol. The van der Waals surface area contributed by atoms with Gasteiger partial charge in [0.1, 0.15) is 29.3 Å². The van der Waals surface area contributed by atoms with Crippen LogP contribution >= 0.6 is 11.3 Å². The summed E-state index contributed by atoms with van der Waals surface area (Å²) in [6.45, 7) is 17.8. The highest BCUT2D eigenvalue weighted by atomic mass is 32.1. The molecule has 1 aliphatic carbocycles. The Hall–Kier alpha value is -8.53. The minimum absolute atomic E-state index is 0.00770. The van der Waals surface area contributed by atoms with Gasteiger partial charge in [-0.2, -0.15) is 0 Å². The number of carbonyl (C=O) groups excluding carboxylic acids is 3. The highest BCUT2D eigenvalue weighted by Crippen LogP contribution is 2.42. The number of carbonyl (C=O) groups is 3. The van der Waals surface area contributed by atoms with E-state index in [1.165, 1.54) is 28.9 Å². The molecule has 4 N–H and O–H groups in total. The van der Waals surface area contributed by atoms with Crippen molar-refractivity contribution in [2.45, 2.75) is 131 Å². The molecule has 3 atom stereocenters. The lowest BCUT2D eigenvalue weighted by atomic mass is 9.85. The van der Waals surface area contributed by atoms with Crippen LogP contribution in [-0.2, 0) is 48.3 Å². The van der Waals surface area contributed by atoms with Gasteiger partial charge in [0.2, 0.25) is 17.7 Å². The zero-order valence-electron chi connectivity index (χ0n) is 53.8. The zero-order chi connectivity index (χ0) is 64.6. The predicted octanol–water partition coefficient (Wildman–Crippen LogP) is 11.6. The molecule has 1 saturated heterocycles. The largest absolute Gasteiger partial charge is 0.493 e. The van der Waals surface area contributed by atoms with Crippen LogP contribution in [0.5, 0.6) is 5.75 Å². The molecule has 3 aromatic carbocycles. The van der Waals surface area contributed by atoms with Gasteiger partial charge in [0.05, 0.1) is 86.0 Å². The van der Waals surface area contributed by atoms with E-state index in [2.05, 4.69) is 101 Å². The monoisotopic (exact) mass is 1260 g/mol. The summed E-state index contributed by atoms with van der Waals surface area (Å²) in [4.78, 5) is 62.3. The van der Waals surface area contributed by atoms with Crippen LogP contribution in [0.25, 0.3) is 56.2 Å². The Kier molecular flexibility index (Phi) is 22.9. The lowest BCUT2D eigenvalue weighted by Crippen LogP contribution is -2.57. The number of pyridine rings is 3. The second-order valence-electron chi connectivity index (χ2n) is 24.8. The Morgan fingerprint density at radius 2 is 1.53 bits per heavy atom. The molecule has 1 saturated carbocycles. The van der Waals surface area contributed by atoms with Gasteiger partial charge in [-0.15, -0.1) is 16.4 Å². The lowest BCUT2D eigenvalue weighted by molar-refractivity contribution is -0.144. The van der Waals surface area contributed by atoms with Crippen molar-refractivity contribution in [2.24, 2.45) is 5.41 Å². The number of ether oxygens (including phenoxy) is 4. The number of aromatic nitrogens is 7. The third kappa shape index (κ3) is 17.9. The Morgan fingerprint density at radius 3 is 2.26 bits per heavy atom. The summed E-state index contributed by atoms with van der Waals surface area (Å²) < 4.78 is 25.1. The molecule has 0 unspecified atom stereocenters. The molecule has 2 aliphatic rings. The number of benzene rings is 3. The van der Waals surface area contributed by atoms with Crippen LogP contribution in [0.15, 0.2) is 121 Å². The number of anilines is 1. The summed E-state index contributed by atoms with van der Waals surface area (Å²) in [7, 11) is 0. The Labute approximate surface area is 543 Å². The van der Waals surface area contributed by atoms with Crippen molar-refractivity contribution < 1.29 is 38.4 Å². The van der Waals surface area contributed by atoms with Crippen LogP contribution in [0.1, 0.15) is 117 Å². The number of β-amino-alcohol motifs (C(OH)–C–C–N with tert-alkyl or cyclic N) is 1. The SMILES string of the molecule is CCCOc1ccccc1-c1cnc(-c2cnc(-c3ccc(NCCCn4cc(COCCOCCOCCC(=O)N[C@H](C(=O)N5C[C@H](O)C[C@H]5C(=O)NCc5ccc(-c6scnc6C)cc5)C(C)(C)C)nn4)nc3)c(C)c2)c(/C=C/c2ccc(C3CC3)c(C)c2)c1. The molecule has 2 fully saturated rings. The van der Waals surface area contributed by atoms with Crippen LogP contribution in [0.4, 0.5) is 5.82 Å². The van der Waals surface area contributed by atoms with Crippen molar-refractivity contribution in [1.29, 1.82) is 0 Å². The molecular formula is C72H85N11O8S.